The molecule has 0 spiro atoms. The fourth-order valence-corrected chi connectivity index (χ4v) is 3.48. The van der Waals surface area contributed by atoms with Crippen LogP contribution in [0, 0.1) is 5.92 Å². The van der Waals surface area contributed by atoms with Gasteiger partial charge in [0.25, 0.3) is 0 Å². The van der Waals surface area contributed by atoms with Gasteiger partial charge in [-0.1, -0.05) is 0 Å². The number of carbonyl (C=O) groups is 1. The van der Waals surface area contributed by atoms with Gasteiger partial charge in [0.05, 0.1) is 5.69 Å². The van der Waals surface area contributed by atoms with Crippen LogP contribution in [0.3, 0.4) is 0 Å². The number of hydrogen-bond acceptors (Lipinski definition) is 4. The Kier molecular flexibility index (Phi) is 3.32. The Balaban J connectivity index is 1.92. The van der Waals surface area contributed by atoms with Crippen molar-refractivity contribution in [2.24, 2.45) is 5.92 Å². The number of aromatic nitrogens is 1. The van der Waals surface area contributed by atoms with Gasteiger partial charge in [0, 0.05) is 29.2 Å². The quantitative estimate of drug-likeness (QED) is 0.877. The van der Waals surface area contributed by atoms with Crippen LogP contribution < -0.4 is 5.32 Å². The van der Waals surface area contributed by atoms with E-state index in [0.717, 1.165) is 29.6 Å². The molecule has 2 bridgehead atoms. The lowest BCUT2D eigenvalue weighted by Gasteiger charge is -2.36. The van der Waals surface area contributed by atoms with Gasteiger partial charge < -0.3 is 15.2 Å². The van der Waals surface area contributed by atoms with Crippen LogP contribution >= 0.6 is 15.9 Å². The third kappa shape index (κ3) is 2.28. The van der Waals surface area contributed by atoms with Crippen LogP contribution in [0.2, 0.25) is 0 Å². The number of aliphatic carboxylic acids is 1. The summed E-state index contributed by atoms with van der Waals surface area (Å²) in [7, 11) is 0. The molecule has 1 aromatic heterocycles. The minimum absolute atomic E-state index is 0.277. The molecule has 1 saturated carbocycles. The molecule has 19 heavy (non-hydrogen) atoms. The van der Waals surface area contributed by atoms with Crippen molar-refractivity contribution >= 4 is 21.9 Å². The van der Waals surface area contributed by atoms with E-state index in [9.17, 15) is 4.79 Å². The third-order valence-corrected chi connectivity index (χ3v) is 4.51. The number of ether oxygens (including phenoxy) is 1. The van der Waals surface area contributed by atoms with Crippen molar-refractivity contribution in [3.63, 3.8) is 0 Å². The van der Waals surface area contributed by atoms with E-state index in [1.807, 2.05) is 12.1 Å². The van der Waals surface area contributed by atoms with Crippen LogP contribution in [0.25, 0.3) is 0 Å². The standard InChI is InChI=1S/C13H15BrN2O3/c14-9-1-2-11(16-6-9)13(19-7-12(17)18)4-10-3-8(13)5-15-10/h1-2,6,8,10,15H,3-5,7H2,(H,17,18). The average Bonchev–Trinajstić information content (AvgIpc) is 2.98. The molecular weight excluding hydrogens is 312 g/mol. The highest BCUT2D eigenvalue weighted by atomic mass is 79.9. The highest BCUT2D eigenvalue weighted by Gasteiger charge is 2.54. The summed E-state index contributed by atoms with van der Waals surface area (Å²) in [6.07, 6.45) is 3.55. The monoisotopic (exact) mass is 326 g/mol. The first-order valence-corrected chi connectivity index (χ1v) is 7.10. The summed E-state index contributed by atoms with van der Waals surface area (Å²) in [5.41, 5.74) is 0.292. The van der Waals surface area contributed by atoms with Gasteiger partial charge in [-0.15, -0.1) is 0 Å². The smallest absolute Gasteiger partial charge is 0.329 e. The van der Waals surface area contributed by atoms with E-state index in [1.54, 1.807) is 6.20 Å². The maximum atomic E-state index is 10.8. The number of piperidine rings is 1. The molecule has 2 N–H and O–H groups in total. The fraction of sp³-hybridized carbons (Fsp3) is 0.538. The maximum Gasteiger partial charge on any atom is 0.329 e. The Hall–Kier alpha value is -0.980. The molecule has 1 aromatic rings. The van der Waals surface area contributed by atoms with Crippen molar-refractivity contribution in [2.75, 3.05) is 13.2 Å². The molecule has 2 aliphatic rings. The van der Waals surface area contributed by atoms with Crippen LogP contribution in [-0.4, -0.2) is 35.3 Å². The largest absolute Gasteiger partial charge is 0.480 e. The van der Waals surface area contributed by atoms with E-state index in [4.69, 9.17) is 9.84 Å². The normalized spacial score (nSPS) is 32.7. The number of fused-ring (bicyclic) bond motifs is 2. The number of carboxylic acids is 1. The predicted molar refractivity (Wildman–Crippen MR) is 71.7 cm³/mol. The van der Waals surface area contributed by atoms with Crippen LogP contribution in [0.1, 0.15) is 18.5 Å². The Morgan fingerprint density at radius 1 is 1.63 bits per heavy atom. The lowest BCUT2D eigenvalue weighted by molar-refractivity contribution is -0.155. The fourth-order valence-electron chi connectivity index (χ4n) is 3.24. The molecule has 3 unspecified atom stereocenters. The van der Waals surface area contributed by atoms with Crippen LogP contribution in [0.4, 0.5) is 0 Å². The van der Waals surface area contributed by atoms with Crippen molar-refractivity contribution in [2.45, 2.75) is 24.5 Å². The van der Waals surface area contributed by atoms with Crippen molar-refractivity contribution in [1.29, 1.82) is 0 Å². The van der Waals surface area contributed by atoms with Gasteiger partial charge in [0.1, 0.15) is 12.2 Å². The second-order valence-electron chi connectivity index (χ2n) is 5.18. The van der Waals surface area contributed by atoms with E-state index in [2.05, 4.69) is 26.2 Å². The molecule has 2 fully saturated rings. The van der Waals surface area contributed by atoms with E-state index in [0.29, 0.717) is 12.0 Å². The molecule has 2 heterocycles. The van der Waals surface area contributed by atoms with Crippen LogP contribution in [-0.2, 0) is 15.1 Å². The summed E-state index contributed by atoms with van der Waals surface area (Å²) in [6, 6.07) is 4.25. The highest BCUT2D eigenvalue weighted by Crippen LogP contribution is 2.49. The van der Waals surface area contributed by atoms with Gasteiger partial charge in [0.2, 0.25) is 0 Å². The Labute approximate surface area is 119 Å². The van der Waals surface area contributed by atoms with Gasteiger partial charge in [-0.05, 0) is 40.9 Å². The summed E-state index contributed by atoms with van der Waals surface area (Å²) in [4.78, 5) is 15.3. The second kappa shape index (κ2) is 4.85. The van der Waals surface area contributed by atoms with E-state index < -0.39 is 11.6 Å². The first-order valence-electron chi connectivity index (χ1n) is 6.31. The van der Waals surface area contributed by atoms with Crippen LogP contribution in [0.5, 0.6) is 0 Å². The number of hydrogen-bond donors (Lipinski definition) is 2. The Bertz CT molecular complexity index is 493. The first-order chi connectivity index (χ1) is 9.10. The second-order valence-corrected chi connectivity index (χ2v) is 6.09. The molecule has 1 aliphatic heterocycles. The van der Waals surface area contributed by atoms with Crippen LogP contribution in [0.15, 0.2) is 22.8 Å². The maximum absolute atomic E-state index is 10.8. The van der Waals surface area contributed by atoms with E-state index in [-0.39, 0.29) is 6.61 Å². The zero-order valence-electron chi connectivity index (χ0n) is 10.3. The molecule has 3 atom stereocenters. The third-order valence-electron chi connectivity index (χ3n) is 4.05. The van der Waals surface area contributed by atoms with Crippen molar-refractivity contribution in [3.05, 3.63) is 28.5 Å². The summed E-state index contributed by atoms with van der Waals surface area (Å²) in [5, 5.41) is 12.3. The Morgan fingerprint density at radius 2 is 2.47 bits per heavy atom. The molecule has 5 nitrogen and oxygen atoms in total. The molecule has 1 saturated heterocycles. The minimum Gasteiger partial charge on any atom is -0.480 e. The number of halogens is 1. The number of nitrogens with zero attached hydrogens (tertiary/aromatic N) is 1. The molecule has 6 heteroatoms. The molecular formula is C13H15BrN2O3. The van der Waals surface area contributed by atoms with Gasteiger partial charge in [-0.3, -0.25) is 4.98 Å². The number of rotatable bonds is 4. The zero-order valence-corrected chi connectivity index (χ0v) is 11.9. The summed E-state index contributed by atoms with van der Waals surface area (Å²) in [5.74, 6) is -0.641. The van der Waals surface area contributed by atoms with Gasteiger partial charge in [-0.25, -0.2) is 4.79 Å². The predicted octanol–water partition coefficient (Wildman–Crippen LogP) is 1.52. The number of pyridine rings is 1. The van der Waals surface area contributed by atoms with Gasteiger partial charge in [-0.2, -0.15) is 0 Å². The van der Waals surface area contributed by atoms with E-state index in [1.165, 1.54) is 0 Å². The molecule has 3 rings (SSSR count). The Morgan fingerprint density at radius 3 is 3.00 bits per heavy atom. The van der Waals surface area contributed by atoms with Gasteiger partial charge >= 0.3 is 5.97 Å². The van der Waals surface area contributed by atoms with Crippen molar-refractivity contribution in [1.82, 2.24) is 10.3 Å². The van der Waals surface area contributed by atoms with Gasteiger partial charge in [0.15, 0.2) is 0 Å². The molecule has 102 valence electrons. The summed E-state index contributed by atoms with van der Waals surface area (Å²) < 4.78 is 6.70. The molecule has 0 aromatic carbocycles. The highest BCUT2D eigenvalue weighted by molar-refractivity contribution is 9.10. The molecule has 0 radical (unpaired) electrons. The summed E-state index contributed by atoms with van der Waals surface area (Å²) in [6.45, 7) is 0.586. The number of carboxylic acid groups (broad SMARTS) is 1. The van der Waals surface area contributed by atoms with E-state index >= 15 is 0 Å². The zero-order chi connectivity index (χ0) is 13.5. The summed E-state index contributed by atoms with van der Waals surface area (Å²) >= 11 is 3.37. The lowest BCUT2D eigenvalue weighted by Crippen LogP contribution is -2.45. The van der Waals surface area contributed by atoms with Crippen molar-refractivity contribution in [3.8, 4) is 0 Å². The molecule has 0 amide bonds. The lowest BCUT2D eigenvalue weighted by atomic mass is 9.85. The topological polar surface area (TPSA) is 71.5 Å². The average molecular weight is 327 g/mol. The number of nitrogens with one attached hydrogen (secondary N) is 1. The minimum atomic E-state index is -0.938. The first kappa shape index (κ1) is 13.0. The van der Waals surface area contributed by atoms with Crippen molar-refractivity contribution < 1.29 is 14.6 Å². The SMILES string of the molecule is O=C(O)COC1(c2ccc(Br)cn2)CC2CC1CN2. The molecule has 1 aliphatic carbocycles.